The van der Waals surface area contributed by atoms with Crippen LogP contribution in [-0.4, -0.2) is 30.5 Å². The van der Waals surface area contributed by atoms with Crippen LogP contribution in [0.2, 0.25) is 0 Å². The molecule has 0 heterocycles. The van der Waals surface area contributed by atoms with E-state index in [0.717, 1.165) is 19.4 Å². The first kappa shape index (κ1) is 18.9. The molecule has 0 fully saturated rings. The van der Waals surface area contributed by atoms with Crippen LogP contribution in [0.15, 0.2) is 4.99 Å². The number of esters is 1. The van der Waals surface area contributed by atoms with E-state index in [1.807, 2.05) is 27.7 Å². The molecule has 0 aliphatic heterocycles. The summed E-state index contributed by atoms with van der Waals surface area (Å²) in [5.41, 5.74) is 0.567. The van der Waals surface area contributed by atoms with Crippen LogP contribution in [0.3, 0.4) is 0 Å². The molecule has 0 spiro atoms. The Kier molecular flexibility index (Phi) is 12.6. The highest BCUT2D eigenvalue weighted by Crippen LogP contribution is 2.03. The van der Waals surface area contributed by atoms with E-state index in [1.54, 1.807) is 0 Å². The largest absolute Gasteiger partial charge is 0.458 e. The lowest BCUT2D eigenvalue weighted by Gasteiger charge is -2.12. The maximum absolute atomic E-state index is 11.6. The van der Waals surface area contributed by atoms with Crippen molar-refractivity contribution in [3.63, 3.8) is 0 Å². The first-order valence-electron chi connectivity index (χ1n) is 6.15. The first-order chi connectivity index (χ1) is 8.40. The van der Waals surface area contributed by atoms with Crippen LogP contribution >= 0.6 is 0 Å². The quantitative estimate of drug-likeness (QED) is 0.415. The van der Waals surface area contributed by atoms with Crippen molar-refractivity contribution in [2.45, 2.75) is 53.6 Å². The minimum Gasteiger partial charge on any atom is -0.458 e. The zero-order chi connectivity index (χ0) is 14.6. The number of unbranched alkanes of at least 4 members (excludes halogenated alkanes) is 1. The third-order valence-corrected chi connectivity index (χ3v) is 1.89. The van der Waals surface area contributed by atoms with Crippen LogP contribution in [0.5, 0.6) is 0 Å². The number of ether oxygens (including phenoxy) is 1. The van der Waals surface area contributed by atoms with E-state index < -0.39 is 0 Å². The Balaban J connectivity index is 0. The molecule has 0 unspecified atom stereocenters. The number of rotatable bonds is 6. The molecule has 0 aromatic rings. The number of hydrogen-bond donors (Lipinski definition) is 0. The third-order valence-electron chi connectivity index (χ3n) is 1.89. The number of carbonyl (C=O) groups is 1. The molecule has 0 rings (SSSR count). The fourth-order valence-electron chi connectivity index (χ4n) is 1.11. The molecule has 0 amide bonds. The van der Waals surface area contributed by atoms with Gasteiger partial charge in [0.05, 0.1) is 6.10 Å². The molecule has 0 aromatic heterocycles. The average Bonchev–Trinajstić information content (AvgIpc) is 2.23. The van der Waals surface area contributed by atoms with Crippen molar-refractivity contribution in [2.24, 2.45) is 10.9 Å². The van der Waals surface area contributed by atoms with E-state index in [2.05, 4.69) is 11.9 Å². The second-order valence-corrected chi connectivity index (χ2v) is 4.31. The van der Waals surface area contributed by atoms with Crippen LogP contribution in [0.25, 0.3) is 0 Å². The Labute approximate surface area is 109 Å². The lowest BCUT2D eigenvalue weighted by atomic mass is 10.1. The Morgan fingerprint density at radius 3 is 2.06 bits per heavy atom. The van der Waals surface area contributed by atoms with Gasteiger partial charge in [-0.25, -0.2) is 4.79 Å². The molecule has 18 heavy (non-hydrogen) atoms. The summed E-state index contributed by atoms with van der Waals surface area (Å²) >= 11 is 0. The molecule has 5 nitrogen and oxygen atoms in total. The van der Waals surface area contributed by atoms with E-state index in [-0.39, 0.29) is 24.1 Å². The van der Waals surface area contributed by atoms with Crippen molar-refractivity contribution in [3.8, 4) is 0 Å². The van der Waals surface area contributed by atoms with Crippen LogP contribution in [-0.2, 0) is 19.1 Å². The van der Waals surface area contributed by atoms with Crippen molar-refractivity contribution in [1.82, 2.24) is 0 Å². The van der Waals surface area contributed by atoms with Gasteiger partial charge in [-0.15, -0.1) is 0 Å². The maximum atomic E-state index is 11.6. The molecule has 5 heteroatoms. The minimum absolute atomic E-state index is 0.0763. The SMILES string of the molecule is CCCCN=C(C(=O)OC(C)C)C(C)C.O=C=O. The smallest absolute Gasteiger partial charge is 0.373 e. The fraction of sp³-hybridized carbons (Fsp3) is 0.769. The van der Waals surface area contributed by atoms with Crippen molar-refractivity contribution < 1.29 is 19.1 Å². The monoisotopic (exact) mass is 257 g/mol. The minimum atomic E-state index is -0.267. The van der Waals surface area contributed by atoms with Crippen LogP contribution in [0.1, 0.15) is 47.5 Å². The molecule has 0 N–H and O–H groups in total. The summed E-state index contributed by atoms with van der Waals surface area (Å²) < 4.78 is 5.13. The zero-order valence-corrected chi connectivity index (χ0v) is 11.9. The van der Waals surface area contributed by atoms with Crippen molar-refractivity contribution in [3.05, 3.63) is 0 Å². The predicted octanol–water partition coefficient (Wildman–Crippen LogP) is 2.25. The van der Waals surface area contributed by atoms with E-state index in [1.165, 1.54) is 0 Å². The van der Waals surface area contributed by atoms with Crippen LogP contribution in [0, 0.1) is 5.92 Å². The third kappa shape index (κ3) is 11.0. The van der Waals surface area contributed by atoms with Crippen molar-refractivity contribution in [2.75, 3.05) is 6.54 Å². The molecule has 0 saturated carbocycles. The average molecular weight is 257 g/mol. The van der Waals surface area contributed by atoms with Gasteiger partial charge in [0.2, 0.25) is 0 Å². The van der Waals surface area contributed by atoms with Gasteiger partial charge in [0, 0.05) is 12.5 Å². The maximum Gasteiger partial charge on any atom is 0.373 e. The highest BCUT2D eigenvalue weighted by atomic mass is 16.5. The Morgan fingerprint density at radius 1 is 1.22 bits per heavy atom. The molecule has 0 aliphatic carbocycles. The van der Waals surface area contributed by atoms with Gasteiger partial charge >= 0.3 is 12.1 Å². The summed E-state index contributed by atoms with van der Waals surface area (Å²) in [6.45, 7) is 10.5. The van der Waals surface area contributed by atoms with E-state index in [9.17, 15) is 4.79 Å². The summed E-state index contributed by atoms with van der Waals surface area (Å²) in [6, 6.07) is 0. The Hall–Kier alpha value is -1.48. The molecular weight excluding hydrogens is 234 g/mol. The van der Waals surface area contributed by atoms with E-state index in [4.69, 9.17) is 14.3 Å². The zero-order valence-electron chi connectivity index (χ0n) is 11.9. The van der Waals surface area contributed by atoms with Gasteiger partial charge in [-0.1, -0.05) is 27.2 Å². The number of carbonyl (C=O) groups excluding carboxylic acids is 3. The summed E-state index contributed by atoms with van der Waals surface area (Å²) in [7, 11) is 0. The first-order valence-corrected chi connectivity index (χ1v) is 6.15. The molecule has 0 aromatic carbocycles. The summed E-state index contributed by atoms with van der Waals surface area (Å²) in [5.74, 6) is -0.135. The highest BCUT2D eigenvalue weighted by molar-refractivity contribution is 6.37. The normalized spacial score (nSPS) is 10.7. The molecular formula is C13H23NO4. The van der Waals surface area contributed by atoms with Gasteiger partial charge in [-0.05, 0) is 20.3 Å². The number of nitrogens with zero attached hydrogens (tertiary/aromatic N) is 1. The molecule has 104 valence electrons. The van der Waals surface area contributed by atoms with Crippen LogP contribution < -0.4 is 0 Å². The fourth-order valence-corrected chi connectivity index (χ4v) is 1.11. The van der Waals surface area contributed by atoms with Crippen LogP contribution in [0.4, 0.5) is 0 Å². The molecule has 0 atom stereocenters. The lowest BCUT2D eigenvalue weighted by Crippen LogP contribution is -2.25. The number of hydrogen-bond acceptors (Lipinski definition) is 5. The standard InChI is InChI=1S/C12H23NO2.CO2/c1-6-7-8-13-11(9(2)3)12(14)15-10(4)5;2-1-3/h9-10H,6-8H2,1-5H3;. The van der Waals surface area contributed by atoms with Gasteiger partial charge in [0.1, 0.15) is 5.71 Å². The van der Waals surface area contributed by atoms with Gasteiger partial charge in [0.15, 0.2) is 0 Å². The van der Waals surface area contributed by atoms with Gasteiger partial charge in [-0.3, -0.25) is 4.99 Å². The van der Waals surface area contributed by atoms with E-state index in [0.29, 0.717) is 5.71 Å². The Bertz CT molecular complexity index is 289. The topological polar surface area (TPSA) is 72.8 Å². The van der Waals surface area contributed by atoms with Crippen molar-refractivity contribution >= 4 is 17.8 Å². The van der Waals surface area contributed by atoms with Gasteiger partial charge < -0.3 is 4.74 Å². The molecule has 0 bridgehead atoms. The highest BCUT2D eigenvalue weighted by Gasteiger charge is 2.17. The predicted molar refractivity (Wildman–Crippen MR) is 68.3 cm³/mol. The summed E-state index contributed by atoms with van der Waals surface area (Å²) in [5, 5.41) is 0. The molecule has 0 aliphatic rings. The Morgan fingerprint density at radius 2 is 1.72 bits per heavy atom. The second kappa shape index (κ2) is 12.0. The second-order valence-electron chi connectivity index (χ2n) is 4.31. The van der Waals surface area contributed by atoms with Gasteiger partial charge in [0.25, 0.3) is 0 Å². The van der Waals surface area contributed by atoms with E-state index >= 15 is 0 Å². The summed E-state index contributed by atoms with van der Waals surface area (Å²) in [4.78, 5) is 32.2. The van der Waals surface area contributed by atoms with Crippen molar-refractivity contribution in [1.29, 1.82) is 0 Å². The molecule has 0 saturated heterocycles. The lowest BCUT2D eigenvalue weighted by molar-refractivity contribution is -0.191. The number of aliphatic imine (C=N–C) groups is 1. The summed E-state index contributed by atoms with van der Waals surface area (Å²) in [6.07, 6.45) is 2.28. The molecule has 0 radical (unpaired) electrons. The van der Waals surface area contributed by atoms with Gasteiger partial charge in [-0.2, -0.15) is 9.59 Å².